The average Bonchev–Trinajstić information content (AvgIpc) is 3.02. The molecule has 7 nitrogen and oxygen atoms in total. The second-order valence-corrected chi connectivity index (χ2v) is 5.95. The van der Waals surface area contributed by atoms with Gasteiger partial charge < -0.3 is 15.0 Å². The van der Waals surface area contributed by atoms with E-state index in [0.29, 0.717) is 28.1 Å². The number of rotatable bonds is 3. The van der Waals surface area contributed by atoms with Crippen LogP contribution in [0.5, 0.6) is 0 Å². The number of nitrogens with one attached hydrogen (secondary N) is 1. The molecule has 1 aromatic carbocycles. The number of imidazole rings is 1. The van der Waals surface area contributed by atoms with Gasteiger partial charge in [0.1, 0.15) is 16.9 Å². The molecule has 3 aromatic heterocycles. The maximum absolute atomic E-state index is 12.2. The Kier molecular flexibility index (Phi) is 5.08. The number of H-pyrrole nitrogens is 1. The Hall–Kier alpha value is -1.64. The van der Waals surface area contributed by atoms with Crippen LogP contribution in [0, 0.1) is 6.92 Å². The summed E-state index contributed by atoms with van der Waals surface area (Å²) in [6, 6.07) is 5.61. The summed E-state index contributed by atoms with van der Waals surface area (Å²) in [4.78, 5) is 36.2. The first-order chi connectivity index (χ1) is 11.2. The van der Waals surface area contributed by atoms with Gasteiger partial charge in [0.2, 0.25) is 0 Å². The third-order valence-corrected chi connectivity index (χ3v) is 4.46. The largest absolute Gasteiger partial charge is 0.438 e. The summed E-state index contributed by atoms with van der Waals surface area (Å²) < 4.78 is 0. The van der Waals surface area contributed by atoms with Gasteiger partial charge in [0.15, 0.2) is 11.2 Å². The van der Waals surface area contributed by atoms with Gasteiger partial charge in [-0.05, 0) is 18.0 Å². The monoisotopic (exact) mass is 412 g/mol. The fraction of sp³-hybridized carbons (Fsp3) is 0.133. The number of hydrogen-bond donors (Lipinski definition) is 1. The first-order valence-corrected chi connectivity index (χ1v) is 7.91. The van der Waals surface area contributed by atoms with Gasteiger partial charge in [0, 0.05) is 43.8 Å². The van der Waals surface area contributed by atoms with Crippen LogP contribution in [-0.4, -0.2) is 24.9 Å². The van der Waals surface area contributed by atoms with E-state index in [1.807, 2.05) is 25.1 Å². The molecule has 0 atom stereocenters. The molecule has 0 spiro atoms. The molecule has 0 saturated carbocycles. The smallest absolute Gasteiger partial charge is 0.181 e. The van der Waals surface area contributed by atoms with Crippen LogP contribution in [-0.2, 0) is 38.5 Å². The van der Waals surface area contributed by atoms with Gasteiger partial charge in [-0.1, -0.05) is 24.0 Å². The normalized spacial score (nSPS) is 10.9. The minimum absolute atomic E-state index is 0. The summed E-state index contributed by atoms with van der Waals surface area (Å²) in [7, 11) is 0. The van der Waals surface area contributed by atoms with Gasteiger partial charge in [-0.2, -0.15) is 0 Å². The van der Waals surface area contributed by atoms with E-state index in [1.165, 1.54) is 18.1 Å². The minimum Gasteiger partial charge on any atom is -0.438 e. The molecule has 0 aliphatic heterocycles. The van der Waals surface area contributed by atoms with E-state index in [9.17, 15) is 4.79 Å². The van der Waals surface area contributed by atoms with E-state index in [0.717, 1.165) is 16.1 Å². The number of aromatic nitrogens is 6. The summed E-state index contributed by atoms with van der Waals surface area (Å²) in [5, 5.41) is 1.34. The van der Waals surface area contributed by atoms with Crippen LogP contribution in [0.25, 0.3) is 22.1 Å². The summed E-state index contributed by atoms with van der Waals surface area (Å²) in [6.45, 7) is 1.89. The predicted molar refractivity (Wildman–Crippen MR) is 87.3 cm³/mol. The average molecular weight is 412 g/mol. The topological polar surface area (TPSA) is 98.5 Å². The second kappa shape index (κ2) is 7.08. The molecular weight excluding hydrogens is 401 g/mol. The van der Waals surface area contributed by atoms with Crippen LogP contribution in [0.15, 0.2) is 40.7 Å². The molecule has 0 fully saturated rings. The van der Waals surface area contributed by atoms with Crippen LogP contribution in [0.2, 0.25) is 0 Å². The zero-order chi connectivity index (χ0) is 15.8. The molecule has 0 bridgehead atoms. The predicted octanol–water partition coefficient (Wildman–Crippen LogP) is 1.82. The van der Waals surface area contributed by atoms with E-state index in [1.54, 1.807) is 6.33 Å². The molecule has 0 aliphatic rings. The summed E-state index contributed by atoms with van der Waals surface area (Å²) >= 11 is 1.44. The molecule has 24 heavy (non-hydrogen) atoms. The number of hydrogen-bond acceptors (Lipinski definition) is 6. The Balaban J connectivity index is 0.00000169. The van der Waals surface area contributed by atoms with E-state index in [-0.39, 0.29) is 38.3 Å². The second-order valence-electron chi connectivity index (χ2n) is 4.98. The Morgan fingerprint density at radius 1 is 1.25 bits per heavy atom. The summed E-state index contributed by atoms with van der Waals surface area (Å²) in [5.41, 5.74) is 2.72. The van der Waals surface area contributed by atoms with Crippen molar-refractivity contribution in [3.63, 3.8) is 0 Å². The minimum atomic E-state index is -0.238. The molecule has 117 valence electrons. The van der Waals surface area contributed by atoms with Crippen molar-refractivity contribution in [2.75, 3.05) is 0 Å². The molecular formula is C15H11N6OSY-. The first kappa shape index (κ1) is 17.2. The zero-order valence-corrected chi connectivity index (χ0v) is 16.4. The summed E-state index contributed by atoms with van der Waals surface area (Å²) in [6.07, 6.45) is 3.05. The molecule has 0 aliphatic carbocycles. The van der Waals surface area contributed by atoms with E-state index < -0.39 is 0 Å². The van der Waals surface area contributed by atoms with Crippen molar-refractivity contribution in [3.05, 3.63) is 52.6 Å². The molecule has 9 heteroatoms. The fourth-order valence-corrected chi connectivity index (χ4v) is 3.22. The van der Waals surface area contributed by atoms with Gasteiger partial charge in [-0.3, -0.25) is 4.79 Å². The van der Waals surface area contributed by atoms with Crippen LogP contribution in [0.1, 0.15) is 11.4 Å². The van der Waals surface area contributed by atoms with Gasteiger partial charge in [0.25, 0.3) is 0 Å². The van der Waals surface area contributed by atoms with E-state index in [4.69, 9.17) is 0 Å². The van der Waals surface area contributed by atoms with Crippen molar-refractivity contribution in [2.45, 2.75) is 17.7 Å². The van der Waals surface area contributed by atoms with Gasteiger partial charge in [0.05, 0.1) is 6.33 Å². The Morgan fingerprint density at radius 3 is 3.00 bits per heavy atom. The van der Waals surface area contributed by atoms with Gasteiger partial charge >= 0.3 is 0 Å². The molecule has 4 aromatic rings. The molecule has 0 unspecified atom stereocenters. The third kappa shape index (κ3) is 3.13. The maximum atomic E-state index is 12.2. The molecule has 1 N–H and O–H groups in total. The number of fused-ring (bicyclic) bond motifs is 2. The van der Waals surface area contributed by atoms with Gasteiger partial charge in [-0.15, -0.1) is 11.8 Å². The Morgan fingerprint density at radius 2 is 2.12 bits per heavy atom. The third-order valence-electron chi connectivity index (χ3n) is 3.47. The van der Waals surface area contributed by atoms with E-state index >= 15 is 0 Å². The number of aromatic amines is 1. The Bertz CT molecular complexity index is 1080. The molecule has 0 amide bonds. The molecule has 1 radical (unpaired) electrons. The van der Waals surface area contributed by atoms with E-state index in [2.05, 4.69) is 29.9 Å². The fourth-order valence-electron chi connectivity index (χ4n) is 2.41. The maximum Gasteiger partial charge on any atom is 0.181 e. The number of thioether (sulfide) groups is 1. The van der Waals surface area contributed by atoms with Crippen molar-refractivity contribution < 1.29 is 32.7 Å². The summed E-state index contributed by atoms with van der Waals surface area (Å²) in [5.74, 6) is 0.939. The standard InChI is InChI=1S/C15H12N6OS.Y/c1-8-3-2-4-9-11(8)14(22)21-10(20-9)5-23-15-12-13(17-6-16-12)18-7-19-15;/h2-4,6-7H,5H2,1H3,(H2,16,17,18,19,20,21,22);/p-1. The number of nitrogens with zero attached hydrogens (tertiary/aromatic N) is 5. The Labute approximate surface area is 166 Å². The molecule has 3 heterocycles. The molecule has 0 saturated heterocycles. The van der Waals surface area contributed by atoms with Crippen molar-refractivity contribution in [1.82, 2.24) is 29.9 Å². The number of benzene rings is 1. The van der Waals surface area contributed by atoms with Crippen molar-refractivity contribution in [1.29, 1.82) is 0 Å². The van der Waals surface area contributed by atoms with Crippen molar-refractivity contribution in [3.8, 4) is 0 Å². The van der Waals surface area contributed by atoms with Crippen LogP contribution in [0.3, 0.4) is 0 Å². The van der Waals surface area contributed by atoms with Crippen LogP contribution >= 0.6 is 11.8 Å². The zero-order valence-electron chi connectivity index (χ0n) is 12.7. The SMILES string of the molecule is Cc1cccc2nc(CSc3ncnc4nc[nH]c34)[n-]c(=O)c12.[Y]. The van der Waals surface area contributed by atoms with Crippen molar-refractivity contribution in [2.24, 2.45) is 0 Å². The van der Waals surface area contributed by atoms with Crippen LogP contribution in [0.4, 0.5) is 0 Å². The van der Waals surface area contributed by atoms with Crippen molar-refractivity contribution >= 4 is 33.8 Å². The quantitative estimate of drug-likeness (QED) is 0.405. The molecule has 4 rings (SSSR count). The van der Waals surface area contributed by atoms with Crippen LogP contribution < -0.4 is 10.5 Å². The first-order valence-electron chi connectivity index (χ1n) is 6.92. The number of aryl methyl sites for hydroxylation is 1. The van der Waals surface area contributed by atoms with Gasteiger partial charge in [-0.25, -0.2) is 15.0 Å².